The SMILES string of the molecule is O=C1CC(c2ccc(O)cc2)(c2ccc(O)cc2)C=C2C1=Cc1ccccc12. The van der Waals surface area contributed by atoms with Crippen LogP contribution >= 0.6 is 0 Å². The van der Waals surface area contributed by atoms with E-state index >= 15 is 0 Å². The first-order valence-electron chi connectivity index (χ1n) is 9.23. The van der Waals surface area contributed by atoms with Crippen molar-refractivity contribution in [3.63, 3.8) is 0 Å². The van der Waals surface area contributed by atoms with Crippen LogP contribution in [0.25, 0.3) is 11.6 Å². The molecule has 3 heteroatoms. The molecule has 2 aliphatic rings. The fourth-order valence-corrected chi connectivity index (χ4v) is 4.33. The highest BCUT2D eigenvalue weighted by atomic mass is 16.3. The number of fused-ring (bicyclic) bond motifs is 3. The zero-order chi connectivity index (χ0) is 19.3. The van der Waals surface area contributed by atoms with Crippen LogP contribution in [0.5, 0.6) is 11.5 Å². The molecule has 2 aliphatic carbocycles. The molecule has 0 aliphatic heterocycles. The van der Waals surface area contributed by atoms with Gasteiger partial charge in [-0.2, -0.15) is 0 Å². The molecule has 3 aromatic carbocycles. The molecule has 5 rings (SSSR count). The van der Waals surface area contributed by atoms with Crippen LogP contribution < -0.4 is 0 Å². The Morgan fingerprint density at radius 3 is 1.89 bits per heavy atom. The lowest BCUT2D eigenvalue weighted by atomic mass is 9.65. The summed E-state index contributed by atoms with van der Waals surface area (Å²) < 4.78 is 0. The molecule has 0 bridgehead atoms. The number of carbonyl (C=O) groups excluding carboxylic acids is 1. The van der Waals surface area contributed by atoms with Crippen molar-refractivity contribution >= 4 is 17.4 Å². The first-order valence-corrected chi connectivity index (χ1v) is 9.23. The Hall–Kier alpha value is -3.59. The molecule has 0 spiro atoms. The van der Waals surface area contributed by atoms with Gasteiger partial charge in [0.15, 0.2) is 5.78 Å². The van der Waals surface area contributed by atoms with Crippen LogP contribution in [-0.4, -0.2) is 16.0 Å². The molecule has 0 amide bonds. The number of hydrogen-bond donors (Lipinski definition) is 2. The molecule has 2 N–H and O–H groups in total. The van der Waals surface area contributed by atoms with E-state index in [2.05, 4.69) is 6.08 Å². The van der Waals surface area contributed by atoms with Crippen molar-refractivity contribution in [2.24, 2.45) is 0 Å². The molecule has 3 nitrogen and oxygen atoms in total. The molecule has 3 aromatic rings. The van der Waals surface area contributed by atoms with E-state index in [-0.39, 0.29) is 17.3 Å². The normalized spacial score (nSPS) is 16.8. The molecule has 0 radical (unpaired) electrons. The smallest absolute Gasteiger partial charge is 0.165 e. The molecule has 0 heterocycles. The van der Waals surface area contributed by atoms with Gasteiger partial charge >= 0.3 is 0 Å². The van der Waals surface area contributed by atoms with E-state index in [1.807, 2.05) is 54.6 Å². The second-order valence-corrected chi connectivity index (χ2v) is 7.37. The van der Waals surface area contributed by atoms with Crippen LogP contribution in [-0.2, 0) is 10.2 Å². The van der Waals surface area contributed by atoms with Crippen LogP contribution in [0.3, 0.4) is 0 Å². The van der Waals surface area contributed by atoms with E-state index in [0.717, 1.165) is 33.4 Å². The van der Waals surface area contributed by atoms with Crippen LogP contribution in [0.2, 0.25) is 0 Å². The highest BCUT2D eigenvalue weighted by Crippen LogP contribution is 2.49. The van der Waals surface area contributed by atoms with Crippen molar-refractivity contribution < 1.29 is 15.0 Å². The average Bonchev–Trinajstić information content (AvgIpc) is 3.08. The number of allylic oxidation sites excluding steroid dienone is 3. The van der Waals surface area contributed by atoms with Crippen molar-refractivity contribution in [2.45, 2.75) is 11.8 Å². The maximum Gasteiger partial charge on any atom is 0.165 e. The van der Waals surface area contributed by atoms with E-state index in [1.54, 1.807) is 24.3 Å². The first kappa shape index (κ1) is 16.6. The van der Waals surface area contributed by atoms with Gasteiger partial charge in [-0.05, 0) is 58.2 Å². The molecule has 0 atom stereocenters. The minimum absolute atomic E-state index is 0.0925. The van der Waals surface area contributed by atoms with Crippen molar-refractivity contribution in [1.29, 1.82) is 0 Å². The lowest BCUT2D eigenvalue weighted by Gasteiger charge is -2.36. The van der Waals surface area contributed by atoms with E-state index in [9.17, 15) is 15.0 Å². The fourth-order valence-electron chi connectivity index (χ4n) is 4.33. The van der Waals surface area contributed by atoms with Crippen molar-refractivity contribution in [3.05, 3.63) is 107 Å². The number of aromatic hydroxyl groups is 2. The Bertz CT molecular complexity index is 1100. The quantitative estimate of drug-likeness (QED) is 0.682. The number of carbonyl (C=O) groups is 1. The Morgan fingerprint density at radius 1 is 0.714 bits per heavy atom. The summed E-state index contributed by atoms with van der Waals surface area (Å²) in [7, 11) is 0. The molecular weight excluding hydrogens is 348 g/mol. The largest absolute Gasteiger partial charge is 0.508 e. The fraction of sp³-hybridized carbons (Fsp3) is 0.0800. The Balaban J connectivity index is 1.79. The first-order chi connectivity index (χ1) is 13.6. The zero-order valence-electron chi connectivity index (χ0n) is 15.1. The number of Topliss-reactive ketones (excluding diaryl/α,β-unsaturated/α-hetero) is 1. The summed E-state index contributed by atoms with van der Waals surface area (Å²) in [6, 6.07) is 22.1. The molecular formula is C25H18O3. The van der Waals surface area contributed by atoms with Gasteiger partial charge in [0.1, 0.15) is 11.5 Å². The number of ketones is 1. The summed E-state index contributed by atoms with van der Waals surface area (Å²) in [6.07, 6.45) is 4.44. The minimum Gasteiger partial charge on any atom is -0.508 e. The number of phenols is 2. The lowest BCUT2D eigenvalue weighted by molar-refractivity contribution is -0.115. The Labute approximate surface area is 162 Å². The summed E-state index contributed by atoms with van der Waals surface area (Å²) in [5, 5.41) is 19.5. The molecule has 0 unspecified atom stereocenters. The summed E-state index contributed by atoms with van der Waals surface area (Å²) in [6.45, 7) is 0. The molecule has 136 valence electrons. The third-order valence-corrected chi connectivity index (χ3v) is 5.74. The summed E-state index contributed by atoms with van der Waals surface area (Å²) in [5.74, 6) is 0.465. The van der Waals surface area contributed by atoms with Gasteiger partial charge in [-0.25, -0.2) is 0 Å². The van der Waals surface area contributed by atoms with E-state index in [4.69, 9.17) is 0 Å². The maximum atomic E-state index is 13.2. The Kier molecular flexibility index (Phi) is 3.53. The second kappa shape index (κ2) is 5.96. The summed E-state index contributed by atoms with van der Waals surface area (Å²) in [4.78, 5) is 13.2. The predicted molar refractivity (Wildman–Crippen MR) is 109 cm³/mol. The van der Waals surface area contributed by atoms with E-state index < -0.39 is 5.41 Å². The van der Waals surface area contributed by atoms with Gasteiger partial charge in [-0.3, -0.25) is 4.79 Å². The number of phenolic OH excluding ortho intramolecular Hbond substituents is 2. The third kappa shape index (κ3) is 2.40. The highest BCUT2D eigenvalue weighted by Gasteiger charge is 2.42. The van der Waals surface area contributed by atoms with Crippen LogP contribution in [0, 0.1) is 0 Å². The lowest BCUT2D eigenvalue weighted by Crippen LogP contribution is -2.33. The monoisotopic (exact) mass is 366 g/mol. The van der Waals surface area contributed by atoms with Crippen LogP contribution in [0.4, 0.5) is 0 Å². The van der Waals surface area contributed by atoms with Gasteiger partial charge in [0, 0.05) is 17.4 Å². The van der Waals surface area contributed by atoms with Crippen molar-refractivity contribution in [2.75, 3.05) is 0 Å². The molecule has 0 aromatic heterocycles. The molecule has 0 saturated heterocycles. The van der Waals surface area contributed by atoms with E-state index in [0.29, 0.717) is 6.42 Å². The topological polar surface area (TPSA) is 57.5 Å². The molecule has 0 fully saturated rings. The number of rotatable bonds is 2. The summed E-state index contributed by atoms with van der Waals surface area (Å²) >= 11 is 0. The van der Waals surface area contributed by atoms with Gasteiger partial charge in [-0.1, -0.05) is 54.6 Å². The zero-order valence-corrected chi connectivity index (χ0v) is 15.1. The van der Waals surface area contributed by atoms with E-state index in [1.165, 1.54) is 0 Å². The average molecular weight is 366 g/mol. The van der Waals surface area contributed by atoms with Gasteiger partial charge < -0.3 is 10.2 Å². The standard InChI is InChI=1S/C25H18O3/c26-19-9-5-17(6-10-19)25(18-7-11-20(27)12-8-18)14-23-21-4-2-1-3-16(21)13-22(23)24(28)15-25/h1-14,26-27H,15H2. The maximum absolute atomic E-state index is 13.2. The van der Waals surface area contributed by atoms with Crippen LogP contribution in [0.15, 0.2) is 84.4 Å². The van der Waals surface area contributed by atoms with Gasteiger partial charge in [0.2, 0.25) is 0 Å². The van der Waals surface area contributed by atoms with Crippen LogP contribution in [0.1, 0.15) is 28.7 Å². The Morgan fingerprint density at radius 2 is 1.29 bits per heavy atom. The highest BCUT2D eigenvalue weighted by molar-refractivity contribution is 6.20. The second-order valence-electron chi connectivity index (χ2n) is 7.37. The van der Waals surface area contributed by atoms with Gasteiger partial charge in [-0.15, -0.1) is 0 Å². The molecule has 0 saturated carbocycles. The predicted octanol–water partition coefficient (Wildman–Crippen LogP) is 4.84. The van der Waals surface area contributed by atoms with Gasteiger partial charge in [0.25, 0.3) is 0 Å². The number of benzene rings is 3. The summed E-state index contributed by atoms with van der Waals surface area (Å²) in [5.41, 5.74) is 5.03. The van der Waals surface area contributed by atoms with Crippen molar-refractivity contribution in [3.8, 4) is 11.5 Å². The number of hydrogen-bond acceptors (Lipinski definition) is 3. The van der Waals surface area contributed by atoms with Crippen molar-refractivity contribution in [1.82, 2.24) is 0 Å². The third-order valence-electron chi connectivity index (χ3n) is 5.74. The van der Waals surface area contributed by atoms with Gasteiger partial charge in [0.05, 0.1) is 0 Å². The molecule has 28 heavy (non-hydrogen) atoms. The minimum atomic E-state index is -0.664.